The summed E-state index contributed by atoms with van der Waals surface area (Å²) in [7, 11) is 3.27. The Morgan fingerprint density at radius 2 is 2.05 bits per heavy atom. The van der Waals surface area contributed by atoms with Crippen LogP contribution in [0.15, 0.2) is 30.3 Å². The van der Waals surface area contributed by atoms with Crippen LogP contribution in [0.2, 0.25) is 0 Å². The average Bonchev–Trinajstić information content (AvgIpc) is 3.00. The van der Waals surface area contributed by atoms with E-state index in [-0.39, 0.29) is 0 Å². The molecule has 1 aromatic carbocycles. The summed E-state index contributed by atoms with van der Waals surface area (Å²) in [5.74, 6) is 0.706. The molecule has 0 aliphatic rings. The highest BCUT2D eigenvalue weighted by molar-refractivity contribution is 7.13. The zero-order valence-electron chi connectivity index (χ0n) is 12.6. The van der Waals surface area contributed by atoms with Crippen molar-refractivity contribution in [3.8, 4) is 11.5 Å². The smallest absolute Gasteiger partial charge is 0.345 e. The van der Waals surface area contributed by atoms with E-state index in [9.17, 15) is 4.79 Å². The number of nitrogens with one attached hydrogen (secondary N) is 1. The van der Waals surface area contributed by atoms with Crippen molar-refractivity contribution in [3.63, 3.8) is 0 Å². The molecule has 5 nitrogen and oxygen atoms in total. The molecule has 0 radical (unpaired) electrons. The SMILES string of the molecule is COc1ccc(CCNCc2ccc(C(=O)O)s2)c(OC)c1. The van der Waals surface area contributed by atoms with Crippen LogP contribution in [-0.4, -0.2) is 31.8 Å². The van der Waals surface area contributed by atoms with Gasteiger partial charge in [-0.1, -0.05) is 6.07 Å². The van der Waals surface area contributed by atoms with Gasteiger partial charge in [0.05, 0.1) is 14.2 Å². The van der Waals surface area contributed by atoms with E-state index < -0.39 is 5.97 Å². The molecule has 0 spiro atoms. The summed E-state index contributed by atoms with van der Waals surface area (Å²) >= 11 is 1.30. The largest absolute Gasteiger partial charge is 0.497 e. The summed E-state index contributed by atoms with van der Waals surface area (Å²) in [5.41, 5.74) is 1.10. The van der Waals surface area contributed by atoms with Crippen molar-refractivity contribution in [1.29, 1.82) is 0 Å². The highest BCUT2D eigenvalue weighted by atomic mass is 32.1. The number of benzene rings is 1. The Kier molecular flexibility index (Phi) is 5.80. The Morgan fingerprint density at radius 1 is 1.23 bits per heavy atom. The van der Waals surface area contributed by atoms with Gasteiger partial charge in [-0.2, -0.15) is 0 Å². The topological polar surface area (TPSA) is 67.8 Å². The van der Waals surface area contributed by atoms with Gasteiger partial charge >= 0.3 is 5.97 Å². The van der Waals surface area contributed by atoms with Gasteiger partial charge in [0.2, 0.25) is 0 Å². The van der Waals surface area contributed by atoms with Crippen LogP contribution in [0.1, 0.15) is 20.1 Å². The lowest BCUT2D eigenvalue weighted by molar-refractivity contribution is 0.0702. The van der Waals surface area contributed by atoms with Gasteiger partial charge in [-0.3, -0.25) is 0 Å². The molecule has 2 N–H and O–H groups in total. The van der Waals surface area contributed by atoms with Crippen LogP contribution in [0.25, 0.3) is 0 Å². The van der Waals surface area contributed by atoms with Crippen molar-refractivity contribution >= 4 is 17.3 Å². The van der Waals surface area contributed by atoms with Crippen molar-refractivity contribution in [1.82, 2.24) is 5.32 Å². The molecule has 0 aliphatic heterocycles. The molecular formula is C16H19NO4S. The molecule has 22 heavy (non-hydrogen) atoms. The fraction of sp³-hybridized carbons (Fsp3) is 0.312. The fourth-order valence-electron chi connectivity index (χ4n) is 2.08. The minimum Gasteiger partial charge on any atom is -0.497 e. The number of thiophene rings is 1. The summed E-state index contributed by atoms with van der Waals surface area (Å²) in [4.78, 5) is 12.2. The molecule has 0 saturated heterocycles. The maximum Gasteiger partial charge on any atom is 0.345 e. The molecule has 0 fully saturated rings. The van der Waals surface area contributed by atoms with Gasteiger partial charge in [0.25, 0.3) is 0 Å². The summed E-state index contributed by atoms with van der Waals surface area (Å²) in [6.45, 7) is 1.44. The molecule has 6 heteroatoms. The Morgan fingerprint density at radius 3 is 2.68 bits per heavy atom. The van der Waals surface area contributed by atoms with Crippen molar-refractivity contribution in [3.05, 3.63) is 45.6 Å². The number of carboxylic acid groups (broad SMARTS) is 1. The van der Waals surface area contributed by atoms with E-state index in [0.29, 0.717) is 11.4 Å². The standard InChI is InChI=1S/C16H19NO4S/c1-20-12-4-3-11(14(9-12)21-2)7-8-17-10-13-5-6-15(22-13)16(18)19/h3-6,9,17H,7-8,10H2,1-2H3,(H,18,19). The number of carbonyl (C=O) groups is 1. The first-order chi connectivity index (χ1) is 10.6. The van der Waals surface area contributed by atoms with Crippen molar-refractivity contribution in [2.24, 2.45) is 0 Å². The minimum absolute atomic E-state index is 0.369. The van der Waals surface area contributed by atoms with E-state index in [4.69, 9.17) is 14.6 Å². The van der Waals surface area contributed by atoms with E-state index in [1.165, 1.54) is 11.3 Å². The first-order valence-electron chi connectivity index (χ1n) is 6.87. The number of hydrogen-bond acceptors (Lipinski definition) is 5. The van der Waals surface area contributed by atoms with Crippen LogP contribution in [0, 0.1) is 0 Å². The molecular weight excluding hydrogens is 302 g/mol. The van der Waals surface area contributed by atoms with E-state index in [1.807, 2.05) is 24.3 Å². The molecule has 0 unspecified atom stereocenters. The summed E-state index contributed by atoms with van der Waals surface area (Å²) in [6, 6.07) is 9.25. The van der Waals surface area contributed by atoms with Crippen molar-refractivity contribution in [2.45, 2.75) is 13.0 Å². The van der Waals surface area contributed by atoms with Gasteiger partial charge < -0.3 is 19.9 Å². The summed E-state index contributed by atoms with van der Waals surface area (Å²) in [5, 5.41) is 12.2. The first-order valence-corrected chi connectivity index (χ1v) is 7.69. The molecule has 118 valence electrons. The second-order valence-electron chi connectivity index (χ2n) is 4.68. The van der Waals surface area contributed by atoms with Gasteiger partial charge in [-0.25, -0.2) is 4.79 Å². The Hall–Kier alpha value is -2.05. The van der Waals surface area contributed by atoms with Crippen LogP contribution in [0.3, 0.4) is 0 Å². The zero-order chi connectivity index (χ0) is 15.9. The number of ether oxygens (including phenoxy) is 2. The Labute approximate surface area is 133 Å². The lowest BCUT2D eigenvalue weighted by atomic mass is 10.1. The van der Waals surface area contributed by atoms with E-state index in [2.05, 4.69) is 5.32 Å². The fourth-order valence-corrected chi connectivity index (χ4v) is 2.90. The normalized spacial score (nSPS) is 10.5. The number of hydrogen-bond donors (Lipinski definition) is 2. The van der Waals surface area contributed by atoms with Crippen LogP contribution >= 0.6 is 11.3 Å². The second-order valence-corrected chi connectivity index (χ2v) is 5.84. The average molecular weight is 321 g/mol. The molecule has 0 bridgehead atoms. The lowest BCUT2D eigenvalue weighted by Gasteiger charge is -2.10. The van der Waals surface area contributed by atoms with E-state index >= 15 is 0 Å². The molecule has 2 aromatic rings. The van der Waals surface area contributed by atoms with Gasteiger partial charge in [0.1, 0.15) is 16.4 Å². The second kappa shape index (κ2) is 7.82. The van der Waals surface area contributed by atoms with Gasteiger partial charge in [0, 0.05) is 17.5 Å². The van der Waals surface area contributed by atoms with Crippen molar-refractivity contribution < 1.29 is 19.4 Å². The van der Waals surface area contributed by atoms with Gasteiger partial charge in [0.15, 0.2) is 0 Å². The van der Waals surface area contributed by atoms with Gasteiger partial charge in [-0.15, -0.1) is 11.3 Å². The van der Waals surface area contributed by atoms with Gasteiger partial charge in [-0.05, 0) is 36.7 Å². The molecule has 0 atom stereocenters. The highest BCUT2D eigenvalue weighted by Gasteiger charge is 2.07. The molecule has 1 heterocycles. The quantitative estimate of drug-likeness (QED) is 0.732. The number of methoxy groups -OCH3 is 2. The maximum absolute atomic E-state index is 10.8. The molecule has 1 aromatic heterocycles. The number of aromatic carboxylic acids is 1. The summed E-state index contributed by atoms with van der Waals surface area (Å²) < 4.78 is 10.5. The monoisotopic (exact) mass is 321 g/mol. The lowest BCUT2D eigenvalue weighted by Crippen LogP contribution is -2.16. The first kappa shape index (κ1) is 16.3. The van der Waals surface area contributed by atoms with Crippen LogP contribution in [-0.2, 0) is 13.0 Å². The molecule has 0 aliphatic carbocycles. The molecule has 0 amide bonds. The van der Waals surface area contributed by atoms with Crippen LogP contribution < -0.4 is 14.8 Å². The van der Waals surface area contributed by atoms with E-state index in [0.717, 1.165) is 34.9 Å². The zero-order valence-corrected chi connectivity index (χ0v) is 13.4. The van der Waals surface area contributed by atoms with Crippen LogP contribution in [0.4, 0.5) is 0 Å². The third-order valence-electron chi connectivity index (χ3n) is 3.24. The Bertz CT molecular complexity index is 639. The van der Waals surface area contributed by atoms with Crippen molar-refractivity contribution in [2.75, 3.05) is 20.8 Å². The Balaban J connectivity index is 1.84. The predicted molar refractivity (Wildman–Crippen MR) is 86.2 cm³/mol. The third kappa shape index (κ3) is 4.22. The molecule has 2 rings (SSSR count). The predicted octanol–water partition coefficient (Wildman–Crippen LogP) is 2.80. The maximum atomic E-state index is 10.8. The third-order valence-corrected chi connectivity index (χ3v) is 4.31. The minimum atomic E-state index is -0.876. The highest BCUT2D eigenvalue weighted by Crippen LogP contribution is 2.24. The number of carboxylic acids is 1. The molecule has 0 saturated carbocycles. The summed E-state index contributed by atoms with van der Waals surface area (Å²) in [6.07, 6.45) is 0.824. The number of rotatable bonds is 8. The van der Waals surface area contributed by atoms with Crippen LogP contribution in [0.5, 0.6) is 11.5 Å². The van der Waals surface area contributed by atoms with E-state index in [1.54, 1.807) is 20.3 Å².